The quantitative estimate of drug-likeness (QED) is 0.205. The van der Waals surface area contributed by atoms with E-state index in [1.54, 1.807) is 67.6 Å². The number of nitrogens with one attached hydrogen (secondary N) is 3. The average molecular weight is 534 g/mol. The molecule has 0 bridgehead atoms. The number of carbonyl (C=O) groups excluding carboxylic acids is 3. The van der Waals surface area contributed by atoms with E-state index in [4.69, 9.17) is 4.42 Å². The van der Waals surface area contributed by atoms with Crippen LogP contribution in [0.2, 0.25) is 0 Å². The van der Waals surface area contributed by atoms with Crippen molar-refractivity contribution in [1.82, 2.24) is 15.5 Å². The molecule has 3 N–H and O–H groups in total. The van der Waals surface area contributed by atoms with Crippen LogP contribution in [0.1, 0.15) is 28.0 Å². The van der Waals surface area contributed by atoms with Gasteiger partial charge in [-0.3, -0.25) is 19.7 Å². The Kier molecular flexibility index (Phi) is 8.49. The molecule has 11 heteroatoms. The highest BCUT2D eigenvalue weighted by molar-refractivity contribution is 8.00. The number of aromatic nitrogens is 2. The van der Waals surface area contributed by atoms with Crippen LogP contribution in [0, 0.1) is 6.92 Å². The van der Waals surface area contributed by atoms with E-state index in [1.165, 1.54) is 35.4 Å². The molecule has 1 unspecified atom stereocenters. The molecule has 0 saturated heterocycles. The van der Waals surface area contributed by atoms with Crippen LogP contribution in [-0.4, -0.2) is 33.2 Å². The van der Waals surface area contributed by atoms with Crippen LogP contribution in [0.25, 0.3) is 6.08 Å². The van der Waals surface area contributed by atoms with Gasteiger partial charge in [0.15, 0.2) is 0 Å². The fraction of sp³-hybridized carbons (Fsp3) is 0.115. The molecular weight excluding hydrogens is 510 g/mol. The van der Waals surface area contributed by atoms with Crippen LogP contribution in [-0.2, 0) is 9.59 Å². The Morgan fingerprint density at radius 1 is 1.00 bits per heavy atom. The van der Waals surface area contributed by atoms with Gasteiger partial charge in [0.2, 0.25) is 11.0 Å². The van der Waals surface area contributed by atoms with Gasteiger partial charge >= 0.3 is 0 Å². The van der Waals surface area contributed by atoms with Gasteiger partial charge in [-0.1, -0.05) is 35.6 Å². The molecule has 3 amide bonds. The monoisotopic (exact) mass is 533 g/mol. The summed E-state index contributed by atoms with van der Waals surface area (Å²) < 4.78 is 5.32. The summed E-state index contributed by atoms with van der Waals surface area (Å²) in [6.07, 6.45) is 2.93. The number of hydrogen-bond donors (Lipinski definition) is 3. The second kappa shape index (κ2) is 12.2. The summed E-state index contributed by atoms with van der Waals surface area (Å²) in [5.41, 5.74) is 0.929. The van der Waals surface area contributed by atoms with E-state index in [1.807, 2.05) is 13.0 Å². The number of aryl methyl sites for hydroxylation is 1. The molecule has 9 nitrogen and oxygen atoms in total. The average Bonchev–Trinajstić information content (AvgIpc) is 3.55. The number of carbonyl (C=O) groups is 3. The summed E-state index contributed by atoms with van der Waals surface area (Å²) in [6.45, 7) is 3.59. The highest BCUT2D eigenvalue weighted by atomic mass is 32.2. The third-order valence-electron chi connectivity index (χ3n) is 4.89. The zero-order valence-corrected chi connectivity index (χ0v) is 21.6. The molecule has 0 aliphatic rings. The Labute approximate surface area is 221 Å². The van der Waals surface area contributed by atoms with Crippen LogP contribution < -0.4 is 16.0 Å². The Morgan fingerprint density at radius 3 is 2.51 bits per heavy atom. The van der Waals surface area contributed by atoms with Crippen LogP contribution in [0.3, 0.4) is 0 Å². The zero-order valence-electron chi connectivity index (χ0n) is 19.9. The van der Waals surface area contributed by atoms with Gasteiger partial charge in [-0.25, -0.2) is 0 Å². The normalized spacial score (nSPS) is 12.0. The van der Waals surface area contributed by atoms with Gasteiger partial charge in [0.25, 0.3) is 11.8 Å². The number of hydrogen-bond acceptors (Lipinski definition) is 8. The lowest BCUT2D eigenvalue weighted by atomic mass is 10.2. The maximum atomic E-state index is 13.1. The number of anilines is 2. The Morgan fingerprint density at radius 2 is 1.81 bits per heavy atom. The van der Waals surface area contributed by atoms with Crippen LogP contribution >= 0.6 is 23.1 Å². The lowest BCUT2D eigenvalue weighted by Gasteiger charge is -2.13. The van der Waals surface area contributed by atoms with E-state index < -0.39 is 17.1 Å². The standard InChI is InChI=1S/C26H23N5O4S2/c1-16(23(32)29-26-31-30-17(2)37-26)36-21-12-6-10-19(14-21)27-25(34)22(15-20-11-7-13-35-20)28-24(33)18-8-4-3-5-9-18/h3-16H,1-2H3,(H,27,34)(H,28,33)(H,29,31,32)/b22-15-. The lowest BCUT2D eigenvalue weighted by Crippen LogP contribution is -2.30. The van der Waals surface area contributed by atoms with E-state index in [0.717, 1.165) is 9.90 Å². The van der Waals surface area contributed by atoms with Crippen molar-refractivity contribution in [3.63, 3.8) is 0 Å². The van der Waals surface area contributed by atoms with Crippen molar-refractivity contribution in [2.24, 2.45) is 0 Å². The molecule has 0 radical (unpaired) electrons. The molecule has 1 atom stereocenters. The number of amides is 3. The van der Waals surface area contributed by atoms with Gasteiger partial charge in [0.1, 0.15) is 16.5 Å². The predicted octanol–water partition coefficient (Wildman–Crippen LogP) is 4.97. The first-order chi connectivity index (χ1) is 17.9. The molecule has 37 heavy (non-hydrogen) atoms. The molecule has 4 aromatic rings. The van der Waals surface area contributed by atoms with E-state index in [0.29, 0.717) is 22.1 Å². The minimum Gasteiger partial charge on any atom is -0.465 e. The summed E-state index contributed by atoms with van der Waals surface area (Å²) >= 11 is 2.64. The summed E-state index contributed by atoms with van der Waals surface area (Å²) in [5.74, 6) is -0.750. The van der Waals surface area contributed by atoms with Crippen molar-refractivity contribution in [2.75, 3.05) is 10.6 Å². The van der Waals surface area contributed by atoms with Crippen molar-refractivity contribution < 1.29 is 18.8 Å². The highest BCUT2D eigenvalue weighted by Crippen LogP contribution is 2.27. The van der Waals surface area contributed by atoms with E-state index in [2.05, 4.69) is 26.1 Å². The number of furan rings is 1. The number of rotatable bonds is 9. The summed E-state index contributed by atoms with van der Waals surface area (Å²) in [5, 5.41) is 16.8. The van der Waals surface area contributed by atoms with E-state index in [9.17, 15) is 14.4 Å². The maximum absolute atomic E-state index is 13.1. The molecule has 0 saturated carbocycles. The molecular formula is C26H23N5O4S2. The fourth-order valence-electron chi connectivity index (χ4n) is 3.12. The molecule has 4 rings (SSSR count). The van der Waals surface area contributed by atoms with Gasteiger partial charge in [0, 0.05) is 22.2 Å². The van der Waals surface area contributed by atoms with Gasteiger partial charge in [-0.2, -0.15) is 0 Å². The van der Waals surface area contributed by atoms with Crippen molar-refractivity contribution in [1.29, 1.82) is 0 Å². The molecule has 0 spiro atoms. The molecule has 188 valence electrons. The number of benzene rings is 2. The largest absolute Gasteiger partial charge is 0.465 e. The third-order valence-corrected chi connectivity index (χ3v) is 6.74. The number of thioether (sulfide) groups is 1. The second-order valence-corrected chi connectivity index (χ2v) is 10.3. The summed E-state index contributed by atoms with van der Waals surface area (Å²) in [7, 11) is 0. The Hall–Kier alpha value is -4.22. The smallest absolute Gasteiger partial charge is 0.272 e. The van der Waals surface area contributed by atoms with Crippen LogP contribution in [0.15, 0.2) is 88.0 Å². The van der Waals surface area contributed by atoms with Crippen molar-refractivity contribution in [2.45, 2.75) is 24.0 Å². The number of nitrogens with zero attached hydrogens (tertiary/aromatic N) is 2. The van der Waals surface area contributed by atoms with Gasteiger partial charge in [-0.15, -0.1) is 22.0 Å². The lowest BCUT2D eigenvalue weighted by molar-refractivity contribution is -0.115. The van der Waals surface area contributed by atoms with Gasteiger partial charge in [0.05, 0.1) is 11.5 Å². The maximum Gasteiger partial charge on any atom is 0.272 e. The van der Waals surface area contributed by atoms with Crippen molar-refractivity contribution in [3.8, 4) is 0 Å². The van der Waals surface area contributed by atoms with E-state index in [-0.39, 0.29) is 11.6 Å². The van der Waals surface area contributed by atoms with Crippen LogP contribution in [0.5, 0.6) is 0 Å². The third kappa shape index (κ3) is 7.38. The molecule has 0 aliphatic carbocycles. The first kappa shape index (κ1) is 25.9. The zero-order chi connectivity index (χ0) is 26.2. The molecule has 0 aliphatic heterocycles. The topological polar surface area (TPSA) is 126 Å². The Bertz CT molecular complexity index is 1420. The molecule has 2 aromatic carbocycles. The summed E-state index contributed by atoms with van der Waals surface area (Å²) in [4.78, 5) is 39.1. The molecule has 2 aromatic heterocycles. The van der Waals surface area contributed by atoms with E-state index >= 15 is 0 Å². The summed E-state index contributed by atoms with van der Waals surface area (Å²) in [6, 6.07) is 19.0. The molecule has 2 heterocycles. The first-order valence-corrected chi connectivity index (χ1v) is 12.9. The van der Waals surface area contributed by atoms with Crippen molar-refractivity contribution in [3.05, 3.63) is 95.0 Å². The fourth-order valence-corrected chi connectivity index (χ4v) is 4.64. The van der Waals surface area contributed by atoms with Gasteiger partial charge < -0.3 is 15.1 Å². The SMILES string of the molecule is Cc1nnc(NC(=O)C(C)Sc2cccc(NC(=O)/C(=C/c3ccco3)NC(=O)c3ccccc3)c2)s1. The first-order valence-electron chi connectivity index (χ1n) is 11.2. The second-order valence-electron chi connectivity index (χ2n) is 7.75. The van der Waals surface area contributed by atoms with Gasteiger partial charge in [-0.05, 0) is 56.3 Å². The minimum atomic E-state index is -0.528. The highest BCUT2D eigenvalue weighted by Gasteiger charge is 2.18. The minimum absolute atomic E-state index is 0.0157. The Balaban J connectivity index is 1.44. The van der Waals surface area contributed by atoms with Crippen molar-refractivity contribution >= 4 is 57.7 Å². The predicted molar refractivity (Wildman–Crippen MR) is 144 cm³/mol. The van der Waals surface area contributed by atoms with Crippen LogP contribution in [0.4, 0.5) is 10.8 Å². The molecule has 0 fully saturated rings.